The molecule has 0 radical (unpaired) electrons. The van der Waals surface area contributed by atoms with E-state index in [1.165, 1.54) is 23.9 Å². The van der Waals surface area contributed by atoms with Gasteiger partial charge in [-0.2, -0.15) is 0 Å². The first-order chi connectivity index (χ1) is 15.6. The van der Waals surface area contributed by atoms with Gasteiger partial charge in [0.15, 0.2) is 17.9 Å². The number of fused-ring (bicyclic) bond motifs is 2. The highest BCUT2D eigenvalue weighted by molar-refractivity contribution is 8.05. The van der Waals surface area contributed by atoms with E-state index in [4.69, 9.17) is 19.0 Å². The minimum Gasteiger partial charge on any atom is -0.481 e. The fourth-order valence-corrected chi connectivity index (χ4v) is 6.04. The lowest BCUT2D eigenvalue weighted by Crippen LogP contribution is -2.36. The Balaban J connectivity index is 1.60. The van der Waals surface area contributed by atoms with Crippen molar-refractivity contribution in [3.05, 3.63) is 58.8 Å². The number of rotatable bonds is 5. The van der Waals surface area contributed by atoms with Gasteiger partial charge in [0.2, 0.25) is 0 Å². The Morgan fingerprint density at radius 2 is 1.75 bits per heavy atom. The fraction of sp³-hybridized carbons (Fsp3) is 0.217. The molecule has 0 unspecified atom stereocenters. The largest absolute Gasteiger partial charge is 0.481 e. The number of ether oxygens (including phenoxy) is 2. The summed E-state index contributed by atoms with van der Waals surface area (Å²) in [4.78, 5) is 29.4. The van der Waals surface area contributed by atoms with Gasteiger partial charge >= 0.3 is 5.97 Å². The van der Waals surface area contributed by atoms with Crippen molar-refractivity contribution in [1.29, 1.82) is 0 Å². The predicted molar refractivity (Wildman–Crippen MR) is 121 cm³/mol. The summed E-state index contributed by atoms with van der Waals surface area (Å²) in [6.45, 7) is 2.06. The molecule has 3 aromatic rings. The zero-order valence-electron chi connectivity index (χ0n) is 16.9. The van der Waals surface area contributed by atoms with Crippen LogP contribution in [0.3, 0.4) is 0 Å². The number of carboxylic acids is 1. The summed E-state index contributed by atoms with van der Waals surface area (Å²) in [7, 11) is 0. The predicted octanol–water partition coefficient (Wildman–Crippen LogP) is 4.22. The van der Waals surface area contributed by atoms with Crippen molar-refractivity contribution in [2.75, 3.05) is 37.8 Å². The molecule has 7 nitrogen and oxygen atoms in total. The van der Waals surface area contributed by atoms with E-state index in [0.717, 1.165) is 25.1 Å². The molecule has 164 valence electrons. The zero-order chi connectivity index (χ0) is 22.1. The summed E-state index contributed by atoms with van der Waals surface area (Å²) in [6.07, 6.45) is 0. The lowest BCUT2D eigenvalue weighted by molar-refractivity contribution is -0.139. The van der Waals surface area contributed by atoms with Gasteiger partial charge in [0, 0.05) is 45.5 Å². The van der Waals surface area contributed by atoms with Crippen molar-refractivity contribution in [2.45, 2.75) is 19.6 Å². The quantitative estimate of drug-likeness (QED) is 0.461. The molecule has 0 aliphatic carbocycles. The highest BCUT2D eigenvalue weighted by Crippen LogP contribution is 2.54. The summed E-state index contributed by atoms with van der Waals surface area (Å²) in [6, 6.07) is 14.5. The van der Waals surface area contributed by atoms with Gasteiger partial charge in [-0.25, -0.2) is 4.79 Å². The summed E-state index contributed by atoms with van der Waals surface area (Å²) >= 11 is 3.08. The standard InChI is InChI=1S/C23H19NO6S2/c25-14-11-17(30-20(12-14)24-7-9-28-10-8-24)15-5-6-16(29-13-21(26)27)23-22(15)31-18-3-1-2-4-19(18)32-23/h1-6,11-12H,7-10,13H2,(H,26,27). The van der Waals surface area contributed by atoms with Crippen LogP contribution in [0.2, 0.25) is 0 Å². The van der Waals surface area contributed by atoms with E-state index in [2.05, 4.69) is 0 Å². The first-order valence-electron chi connectivity index (χ1n) is 10.0. The number of hydrogen-bond acceptors (Lipinski definition) is 8. The smallest absolute Gasteiger partial charge is 0.341 e. The van der Waals surface area contributed by atoms with Gasteiger partial charge in [-0.3, -0.25) is 4.79 Å². The Hall–Kier alpha value is -2.88. The number of benzene rings is 2. The van der Waals surface area contributed by atoms with Crippen LogP contribution in [0.25, 0.3) is 11.3 Å². The molecule has 32 heavy (non-hydrogen) atoms. The summed E-state index contributed by atoms with van der Waals surface area (Å²) < 4.78 is 17.2. The van der Waals surface area contributed by atoms with Gasteiger partial charge < -0.3 is 23.9 Å². The average Bonchev–Trinajstić information content (AvgIpc) is 2.81. The first-order valence-corrected chi connectivity index (χ1v) is 11.7. The molecule has 1 aromatic heterocycles. The number of hydrogen-bond donors (Lipinski definition) is 1. The van der Waals surface area contributed by atoms with Gasteiger partial charge in [0.25, 0.3) is 0 Å². The van der Waals surface area contributed by atoms with Crippen molar-refractivity contribution < 1.29 is 23.8 Å². The third-order valence-electron chi connectivity index (χ3n) is 5.04. The fourth-order valence-electron chi connectivity index (χ4n) is 3.56. The monoisotopic (exact) mass is 469 g/mol. The topological polar surface area (TPSA) is 89.2 Å². The number of carboxylic acid groups (broad SMARTS) is 1. The van der Waals surface area contributed by atoms with Crippen LogP contribution in [0.1, 0.15) is 0 Å². The highest BCUT2D eigenvalue weighted by atomic mass is 32.2. The van der Waals surface area contributed by atoms with Crippen molar-refractivity contribution >= 4 is 35.4 Å². The van der Waals surface area contributed by atoms with Crippen LogP contribution in [-0.4, -0.2) is 44.0 Å². The second kappa shape index (κ2) is 8.93. The maximum absolute atomic E-state index is 12.5. The van der Waals surface area contributed by atoms with E-state index < -0.39 is 12.6 Å². The Kier molecular flexibility index (Phi) is 5.86. The summed E-state index contributed by atoms with van der Waals surface area (Å²) in [5, 5.41) is 9.05. The van der Waals surface area contributed by atoms with Gasteiger partial charge in [-0.15, -0.1) is 0 Å². The minimum absolute atomic E-state index is 0.137. The van der Waals surface area contributed by atoms with E-state index in [1.807, 2.05) is 35.2 Å². The normalized spacial score (nSPS) is 15.1. The maximum atomic E-state index is 12.5. The molecule has 1 N–H and O–H groups in total. The minimum atomic E-state index is -1.04. The number of aliphatic carboxylic acids is 1. The van der Waals surface area contributed by atoms with Gasteiger partial charge in [0.05, 0.1) is 18.1 Å². The van der Waals surface area contributed by atoms with Crippen molar-refractivity contribution in [1.82, 2.24) is 0 Å². The third kappa shape index (κ3) is 4.23. The van der Waals surface area contributed by atoms with E-state index >= 15 is 0 Å². The van der Waals surface area contributed by atoms with Crippen LogP contribution in [0.5, 0.6) is 5.75 Å². The van der Waals surface area contributed by atoms with E-state index in [9.17, 15) is 9.59 Å². The van der Waals surface area contributed by atoms with E-state index in [0.29, 0.717) is 43.7 Å². The van der Waals surface area contributed by atoms with Crippen molar-refractivity contribution in [2.24, 2.45) is 0 Å². The first kappa shape index (κ1) is 21.0. The average molecular weight is 470 g/mol. The summed E-state index contributed by atoms with van der Waals surface area (Å²) in [5.41, 5.74) is 0.628. The lowest BCUT2D eigenvalue weighted by atomic mass is 10.1. The molecule has 2 aromatic carbocycles. The molecule has 9 heteroatoms. The molecule has 5 rings (SSSR count). The molecule has 2 aliphatic rings. The molecular formula is C23H19NO6S2. The van der Waals surface area contributed by atoms with Crippen LogP contribution >= 0.6 is 23.5 Å². The molecule has 3 heterocycles. The molecule has 0 saturated carbocycles. The van der Waals surface area contributed by atoms with Crippen LogP contribution in [0.15, 0.2) is 77.3 Å². The molecular weight excluding hydrogens is 450 g/mol. The lowest BCUT2D eigenvalue weighted by Gasteiger charge is -2.27. The molecule has 1 fully saturated rings. The molecule has 0 bridgehead atoms. The van der Waals surface area contributed by atoms with Crippen LogP contribution in [0.4, 0.5) is 5.88 Å². The zero-order valence-corrected chi connectivity index (χ0v) is 18.5. The Morgan fingerprint density at radius 3 is 2.47 bits per heavy atom. The maximum Gasteiger partial charge on any atom is 0.341 e. The Labute approximate surface area is 192 Å². The number of nitrogens with zero attached hydrogens (tertiary/aromatic N) is 1. The SMILES string of the molecule is O=C(O)COc1ccc(-c2cc(=O)cc(N3CCOCC3)o2)c2c1Sc1ccccc1S2. The number of carbonyl (C=O) groups is 1. The second-order valence-corrected chi connectivity index (χ2v) is 9.30. The van der Waals surface area contributed by atoms with Crippen molar-refractivity contribution in [3.8, 4) is 17.1 Å². The van der Waals surface area contributed by atoms with Gasteiger partial charge in [-0.05, 0) is 24.3 Å². The Morgan fingerprint density at radius 1 is 1.03 bits per heavy atom. The second-order valence-electron chi connectivity index (χ2n) is 7.20. The van der Waals surface area contributed by atoms with Crippen molar-refractivity contribution in [3.63, 3.8) is 0 Å². The van der Waals surface area contributed by atoms with Gasteiger partial charge in [0.1, 0.15) is 11.5 Å². The van der Waals surface area contributed by atoms with E-state index in [1.54, 1.807) is 17.8 Å². The van der Waals surface area contributed by atoms with Gasteiger partial charge in [-0.1, -0.05) is 35.7 Å². The third-order valence-corrected chi connectivity index (χ3v) is 7.69. The molecule has 0 spiro atoms. The molecule has 2 aliphatic heterocycles. The highest BCUT2D eigenvalue weighted by Gasteiger charge is 2.26. The molecule has 0 atom stereocenters. The molecule has 0 amide bonds. The van der Waals surface area contributed by atoms with Crippen LogP contribution in [0, 0.1) is 0 Å². The Bertz CT molecular complexity index is 1240. The molecule has 1 saturated heterocycles. The van der Waals surface area contributed by atoms with Crippen LogP contribution < -0.4 is 15.1 Å². The number of anilines is 1. The van der Waals surface area contributed by atoms with Crippen LogP contribution in [-0.2, 0) is 9.53 Å². The summed E-state index contributed by atoms with van der Waals surface area (Å²) in [5.74, 6) is 0.433. The van der Waals surface area contributed by atoms with E-state index in [-0.39, 0.29) is 5.43 Å². The number of morpholine rings is 1.